The molecule has 18 heavy (non-hydrogen) atoms. The molecule has 1 aromatic rings. The van der Waals surface area contributed by atoms with Gasteiger partial charge in [0.2, 0.25) is 0 Å². The molecule has 0 fully saturated rings. The fraction of sp³-hybridized carbons (Fsp3) is 0.417. The van der Waals surface area contributed by atoms with E-state index < -0.39 is 17.2 Å². The standard InChI is InChI=1S/C12H17F2N3O/c1-12(18,7-17-11(15-2)16-3)9-5-4-8(13)6-10(9)14/h4-6,18H,7H2,1-3H3,(H2,15,16,17). The van der Waals surface area contributed by atoms with E-state index in [1.54, 1.807) is 14.1 Å². The predicted octanol–water partition coefficient (Wildman–Crippen LogP) is 0.967. The van der Waals surface area contributed by atoms with Crippen molar-refractivity contribution in [3.63, 3.8) is 0 Å². The van der Waals surface area contributed by atoms with Gasteiger partial charge in [-0.2, -0.15) is 0 Å². The van der Waals surface area contributed by atoms with Crippen LogP contribution in [0.3, 0.4) is 0 Å². The van der Waals surface area contributed by atoms with E-state index in [4.69, 9.17) is 0 Å². The van der Waals surface area contributed by atoms with Crippen LogP contribution in [0.1, 0.15) is 12.5 Å². The van der Waals surface area contributed by atoms with Gasteiger partial charge in [-0.1, -0.05) is 6.07 Å². The minimum Gasteiger partial charge on any atom is -0.383 e. The molecule has 0 radical (unpaired) electrons. The number of hydrogen-bond acceptors (Lipinski definition) is 2. The number of rotatable bonds is 3. The van der Waals surface area contributed by atoms with Crippen molar-refractivity contribution in [3.05, 3.63) is 35.4 Å². The normalized spacial score (nSPS) is 15.1. The van der Waals surface area contributed by atoms with Crippen molar-refractivity contribution in [1.82, 2.24) is 10.6 Å². The number of guanidine groups is 1. The lowest BCUT2D eigenvalue weighted by Crippen LogP contribution is -2.43. The summed E-state index contributed by atoms with van der Waals surface area (Å²) in [6, 6.07) is 3.09. The molecule has 1 atom stereocenters. The molecule has 0 heterocycles. The van der Waals surface area contributed by atoms with Gasteiger partial charge in [-0.3, -0.25) is 4.99 Å². The highest BCUT2D eigenvalue weighted by Crippen LogP contribution is 2.23. The third-order valence-electron chi connectivity index (χ3n) is 2.57. The molecule has 0 saturated carbocycles. The molecule has 0 saturated heterocycles. The van der Waals surface area contributed by atoms with Crippen molar-refractivity contribution < 1.29 is 13.9 Å². The first-order chi connectivity index (χ1) is 8.40. The summed E-state index contributed by atoms with van der Waals surface area (Å²) in [5, 5.41) is 15.8. The van der Waals surface area contributed by atoms with Crippen LogP contribution in [-0.2, 0) is 5.60 Å². The third-order valence-corrected chi connectivity index (χ3v) is 2.57. The Labute approximate surface area is 105 Å². The number of benzene rings is 1. The average Bonchev–Trinajstić information content (AvgIpc) is 2.29. The largest absolute Gasteiger partial charge is 0.383 e. The lowest BCUT2D eigenvalue weighted by atomic mass is 9.95. The third kappa shape index (κ3) is 3.40. The summed E-state index contributed by atoms with van der Waals surface area (Å²) in [7, 11) is 3.24. The maximum absolute atomic E-state index is 13.6. The SMILES string of the molecule is CN=C(NC)NCC(C)(O)c1ccc(F)cc1F. The molecule has 0 amide bonds. The molecule has 100 valence electrons. The minimum atomic E-state index is -1.47. The van der Waals surface area contributed by atoms with Gasteiger partial charge in [0, 0.05) is 25.7 Å². The summed E-state index contributed by atoms with van der Waals surface area (Å²) in [4.78, 5) is 3.87. The molecule has 0 aliphatic carbocycles. The number of halogens is 2. The van der Waals surface area contributed by atoms with Crippen LogP contribution in [0.15, 0.2) is 23.2 Å². The molecule has 6 heteroatoms. The average molecular weight is 257 g/mol. The summed E-state index contributed by atoms with van der Waals surface area (Å²) in [6.45, 7) is 1.49. The van der Waals surface area contributed by atoms with Crippen LogP contribution in [0.2, 0.25) is 0 Å². The van der Waals surface area contributed by atoms with E-state index in [2.05, 4.69) is 15.6 Å². The first kappa shape index (κ1) is 14.4. The molecular formula is C12H17F2N3O. The van der Waals surface area contributed by atoms with E-state index in [1.807, 2.05) is 0 Å². The summed E-state index contributed by atoms with van der Waals surface area (Å²) >= 11 is 0. The summed E-state index contributed by atoms with van der Waals surface area (Å²) in [5.41, 5.74) is -1.44. The van der Waals surface area contributed by atoms with Gasteiger partial charge in [0.1, 0.15) is 17.2 Å². The number of nitrogens with one attached hydrogen (secondary N) is 2. The molecule has 3 N–H and O–H groups in total. The molecule has 0 spiro atoms. The van der Waals surface area contributed by atoms with E-state index in [0.717, 1.165) is 12.1 Å². The fourth-order valence-electron chi connectivity index (χ4n) is 1.56. The van der Waals surface area contributed by atoms with Crippen LogP contribution in [0.5, 0.6) is 0 Å². The quantitative estimate of drug-likeness (QED) is 0.558. The van der Waals surface area contributed by atoms with Crippen molar-refractivity contribution in [2.45, 2.75) is 12.5 Å². The van der Waals surface area contributed by atoms with Crippen molar-refractivity contribution in [1.29, 1.82) is 0 Å². The first-order valence-corrected chi connectivity index (χ1v) is 5.47. The Morgan fingerprint density at radius 3 is 2.61 bits per heavy atom. The Morgan fingerprint density at radius 2 is 2.11 bits per heavy atom. The molecule has 0 aliphatic rings. The summed E-state index contributed by atoms with van der Waals surface area (Å²) < 4.78 is 26.4. The van der Waals surface area contributed by atoms with Crippen molar-refractivity contribution >= 4 is 5.96 Å². The van der Waals surface area contributed by atoms with Gasteiger partial charge in [-0.25, -0.2) is 8.78 Å². The Hall–Kier alpha value is -1.69. The van der Waals surface area contributed by atoms with Crippen molar-refractivity contribution in [2.24, 2.45) is 4.99 Å². The van der Waals surface area contributed by atoms with Crippen LogP contribution in [0.25, 0.3) is 0 Å². The zero-order valence-electron chi connectivity index (χ0n) is 10.6. The van der Waals surface area contributed by atoms with E-state index >= 15 is 0 Å². The van der Waals surface area contributed by atoms with Gasteiger partial charge < -0.3 is 15.7 Å². The summed E-state index contributed by atoms with van der Waals surface area (Å²) in [6.07, 6.45) is 0. The first-order valence-electron chi connectivity index (χ1n) is 5.47. The van der Waals surface area contributed by atoms with Crippen molar-refractivity contribution in [3.8, 4) is 0 Å². The molecular weight excluding hydrogens is 240 g/mol. The minimum absolute atomic E-state index is 0.0305. The van der Waals surface area contributed by atoms with Crippen LogP contribution in [-0.4, -0.2) is 31.7 Å². The molecule has 0 aromatic heterocycles. The molecule has 4 nitrogen and oxygen atoms in total. The number of aliphatic hydroxyl groups is 1. The van der Waals surface area contributed by atoms with Crippen LogP contribution in [0.4, 0.5) is 8.78 Å². The zero-order valence-corrected chi connectivity index (χ0v) is 10.6. The highest BCUT2D eigenvalue weighted by atomic mass is 19.1. The van der Waals surface area contributed by atoms with Gasteiger partial charge in [0.05, 0.1) is 6.54 Å². The van der Waals surface area contributed by atoms with Gasteiger partial charge in [0.25, 0.3) is 0 Å². The second-order valence-corrected chi connectivity index (χ2v) is 4.07. The maximum atomic E-state index is 13.6. The van der Waals surface area contributed by atoms with Crippen LogP contribution in [0, 0.1) is 11.6 Å². The topological polar surface area (TPSA) is 56.7 Å². The lowest BCUT2D eigenvalue weighted by molar-refractivity contribution is 0.0578. The monoisotopic (exact) mass is 257 g/mol. The van der Waals surface area contributed by atoms with Gasteiger partial charge >= 0.3 is 0 Å². The van der Waals surface area contributed by atoms with E-state index in [9.17, 15) is 13.9 Å². The highest BCUT2D eigenvalue weighted by molar-refractivity contribution is 5.79. The van der Waals surface area contributed by atoms with E-state index in [1.165, 1.54) is 13.0 Å². The second kappa shape index (κ2) is 5.77. The predicted molar refractivity (Wildman–Crippen MR) is 66.4 cm³/mol. The molecule has 1 unspecified atom stereocenters. The Balaban J connectivity index is 2.85. The Kier molecular flexibility index (Phi) is 4.61. The van der Waals surface area contributed by atoms with Crippen molar-refractivity contribution in [2.75, 3.05) is 20.6 Å². The molecule has 1 aromatic carbocycles. The van der Waals surface area contributed by atoms with Gasteiger partial charge in [0.15, 0.2) is 5.96 Å². The molecule has 0 bridgehead atoms. The van der Waals surface area contributed by atoms with E-state index in [0.29, 0.717) is 5.96 Å². The number of hydrogen-bond donors (Lipinski definition) is 3. The van der Waals surface area contributed by atoms with Gasteiger partial charge in [-0.15, -0.1) is 0 Å². The maximum Gasteiger partial charge on any atom is 0.190 e. The Bertz CT molecular complexity index is 447. The van der Waals surface area contributed by atoms with E-state index in [-0.39, 0.29) is 12.1 Å². The zero-order chi connectivity index (χ0) is 13.8. The Morgan fingerprint density at radius 1 is 1.44 bits per heavy atom. The summed E-state index contributed by atoms with van der Waals surface area (Å²) in [5.74, 6) is -0.981. The van der Waals surface area contributed by atoms with Crippen LogP contribution < -0.4 is 10.6 Å². The number of aliphatic imine (C=N–C) groups is 1. The lowest BCUT2D eigenvalue weighted by Gasteiger charge is -2.25. The second-order valence-electron chi connectivity index (χ2n) is 4.07. The van der Waals surface area contributed by atoms with Gasteiger partial charge in [-0.05, 0) is 13.0 Å². The fourth-order valence-corrected chi connectivity index (χ4v) is 1.56. The number of nitrogens with zero attached hydrogens (tertiary/aromatic N) is 1. The molecule has 0 aliphatic heterocycles. The smallest absolute Gasteiger partial charge is 0.190 e. The molecule has 1 rings (SSSR count). The van der Waals surface area contributed by atoms with Crippen LogP contribution >= 0.6 is 0 Å². The highest BCUT2D eigenvalue weighted by Gasteiger charge is 2.27.